The van der Waals surface area contributed by atoms with Gasteiger partial charge < -0.3 is 34.5 Å². The summed E-state index contributed by atoms with van der Waals surface area (Å²) in [6.45, 7) is -3.05. The Morgan fingerprint density at radius 2 is 1.18 bits per heavy atom. The van der Waals surface area contributed by atoms with E-state index in [1.807, 2.05) is 10.6 Å². The van der Waals surface area contributed by atoms with Crippen molar-refractivity contribution < 1.29 is 77.4 Å². The molecule has 30 heteroatoms. The van der Waals surface area contributed by atoms with Crippen LogP contribution >= 0.6 is 0 Å². The van der Waals surface area contributed by atoms with Gasteiger partial charge >= 0.3 is 18.3 Å². The van der Waals surface area contributed by atoms with Crippen molar-refractivity contribution >= 4 is 23.5 Å². The molecule has 388 valence electrons. The van der Waals surface area contributed by atoms with Gasteiger partial charge in [-0.2, -0.15) is 36.5 Å². The summed E-state index contributed by atoms with van der Waals surface area (Å²) in [5.41, 5.74) is -4.31. The number of ether oxygens (including phenoxy) is 1. The number of alkyl halides is 6. The maximum Gasteiger partial charge on any atom is 0.429 e. The Balaban J connectivity index is 0.000000216. The summed E-state index contributed by atoms with van der Waals surface area (Å²) in [6.07, 6.45) is -5.41. The molecule has 8 aromatic rings. The van der Waals surface area contributed by atoms with Crippen molar-refractivity contribution in [2.24, 2.45) is 5.84 Å². The van der Waals surface area contributed by atoms with E-state index in [0.717, 1.165) is 0 Å². The molecule has 0 bridgehead atoms. The highest BCUT2D eigenvalue weighted by molar-refractivity contribution is 5.86. The van der Waals surface area contributed by atoms with Gasteiger partial charge in [0.1, 0.15) is 35.0 Å². The summed E-state index contributed by atoms with van der Waals surface area (Å²) in [5.74, 6) is -4.42. The zero-order valence-electron chi connectivity index (χ0n) is 37.5. The van der Waals surface area contributed by atoms with E-state index in [1.54, 1.807) is 30.3 Å². The summed E-state index contributed by atoms with van der Waals surface area (Å²) in [5, 5.41) is 36.2. The number of rotatable bonds is 16. The Morgan fingerprint density at radius 3 is 1.62 bits per heavy atom. The summed E-state index contributed by atoms with van der Waals surface area (Å²) >= 11 is 0. The smallest absolute Gasteiger partial charge is 0.429 e. The molecule has 6 heterocycles. The Bertz CT molecular complexity index is 3030. The number of nitrogens with two attached hydrogens (primary N) is 1. The highest BCUT2D eigenvalue weighted by atomic mass is 19.4. The number of esters is 1. The number of halogens is 10. The molecule has 0 saturated carbocycles. The third-order valence-electron chi connectivity index (χ3n) is 10.6. The third-order valence-corrected chi connectivity index (χ3v) is 10.6. The lowest BCUT2D eigenvalue weighted by molar-refractivity contribution is -0.256. The van der Waals surface area contributed by atoms with E-state index in [9.17, 15) is 63.7 Å². The summed E-state index contributed by atoms with van der Waals surface area (Å²) in [4.78, 5) is 38.5. The second-order valence-corrected chi connectivity index (χ2v) is 15.4. The van der Waals surface area contributed by atoms with Gasteiger partial charge in [0.25, 0.3) is 17.1 Å². The molecule has 74 heavy (non-hydrogen) atoms. The Labute approximate surface area is 407 Å². The fourth-order valence-corrected chi connectivity index (χ4v) is 6.60. The topological polar surface area (TPSA) is 272 Å². The first-order valence-electron chi connectivity index (χ1n) is 20.8. The second kappa shape index (κ2) is 21.5. The van der Waals surface area contributed by atoms with Crippen molar-refractivity contribution in [3.63, 3.8) is 0 Å². The average molecular weight is 1050 g/mol. The van der Waals surface area contributed by atoms with Gasteiger partial charge in [0.2, 0.25) is 0 Å². The first-order chi connectivity index (χ1) is 35.1. The molecule has 0 spiro atoms. The van der Waals surface area contributed by atoms with Crippen LogP contribution in [-0.4, -0.2) is 110 Å². The fraction of sp³-hybridized carbons (Fsp3) is 0.205. The van der Waals surface area contributed by atoms with Crippen LogP contribution in [0.5, 0.6) is 0 Å². The van der Waals surface area contributed by atoms with E-state index in [-0.39, 0.29) is 36.1 Å². The standard InChI is InChI=1S/C22H18F5N7O3.C22H17F5N6O4/c23-14-4-2-1-3-12(14)9-34-17(13-5-6-37-10-13)7-16(33-34)19-29-8-15(24)18(31-19)30-11-21(36,20(35)32-28)22(25,26)27;1-36-20(34)21(35,22(25,26)27)11-29-18-14(24)9-28-19(30-18)16-8-17(15-6-7-37-32-15)33(31-16)10-12-4-2-3-5-13(12)23/h1-8,10,36H,9,11,28H2,(H,32,35)(H,29,30,31);2-9,35H,10-11H2,1H3,(H,28,29,30). The van der Waals surface area contributed by atoms with Crippen molar-refractivity contribution in [3.05, 3.63) is 138 Å². The van der Waals surface area contributed by atoms with Crippen LogP contribution in [0, 0.1) is 23.3 Å². The fourth-order valence-electron chi connectivity index (χ4n) is 6.60. The van der Waals surface area contributed by atoms with E-state index in [2.05, 4.69) is 40.0 Å². The number of carbonyl (C=O) groups is 2. The average Bonchev–Trinajstić information content (AvgIpc) is 4.23. The van der Waals surface area contributed by atoms with Crippen molar-refractivity contribution in [2.45, 2.75) is 36.6 Å². The molecule has 0 radical (unpaired) electrons. The quantitative estimate of drug-likeness (QED) is 0.0219. The molecule has 0 saturated heterocycles. The molecule has 8 rings (SSSR count). The van der Waals surface area contributed by atoms with Crippen molar-refractivity contribution in [1.82, 2.24) is 50.1 Å². The molecule has 1 amide bonds. The van der Waals surface area contributed by atoms with Gasteiger partial charge in [-0.1, -0.05) is 41.6 Å². The number of anilines is 2. The minimum absolute atomic E-state index is 0.00764. The number of nitrogens with zero attached hydrogens (tertiary/aromatic N) is 9. The van der Waals surface area contributed by atoms with Gasteiger partial charge in [0.05, 0.1) is 69.6 Å². The third kappa shape index (κ3) is 11.3. The van der Waals surface area contributed by atoms with Crippen LogP contribution in [0.4, 0.5) is 55.5 Å². The number of hydrazine groups is 1. The highest BCUT2D eigenvalue weighted by Gasteiger charge is 2.61. The van der Waals surface area contributed by atoms with Crippen LogP contribution in [0.15, 0.2) is 113 Å². The normalized spacial score (nSPS) is 13.3. The Hall–Kier alpha value is -8.77. The monoisotopic (exact) mass is 1050 g/mol. The predicted octanol–water partition coefficient (Wildman–Crippen LogP) is 5.82. The van der Waals surface area contributed by atoms with Gasteiger partial charge in [-0.25, -0.2) is 48.1 Å². The lowest BCUT2D eigenvalue weighted by Gasteiger charge is -2.28. The first-order valence-corrected chi connectivity index (χ1v) is 20.8. The van der Waals surface area contributed by atoms with Crippen LogP contribution in [0.2, 0.25) is 0 Å². The number of methoxy groups -OCH3 is 1. The largest absolute Gasteiger partial charge is 0.472 e. The van der Waals surface area contributed by atoms with Gasteiger partial charge in [-0.15, -0.1) is 0 Å². The molecular formula is C44H35F10N13O7. The van der Waals surface area contributed by atoms with Crippen LogP contribution in [0.3, 0.4) is 0 Å². The number of furan rings is 1. The van der Waals surface area contributed by atoms with Crippen molar-refractivity contribution in [1.29, 1.82) is 0 Å². The molecule has 0 aliphatic rings. The molecule has 2 aromatic carbocycles. The zero-order valence-corrected chi connectivity index (χ0v) is 37.5. The lowest BCUT2D eigenvalue weighted by Crippen LogP contribution is -2.62. The van der Waals surface area contributed by atoms with Crippen LogP contribution in [0.25, 0.3) is 45.7 Å². The van der Waals surface area contributed by atoms with Crippen molar-refractivity contribution in [3.8, 4) is 45.7 Å². The minimum atomic E-state index is -5.44. The maximum atomic E-state index is 14.3. The number of carbonyl (C=O) groups excluding carboxylic acids is 2. The summed E-state index contributed by atoms with van der Waals surface area (Å²) in [6, 6.07) is 18.1. The molecule has 7 N–H and O–H groups in total. The first kappa shape index (κ1) is 53.0. The number of benzene rings is 2. The van der Waals surface area contributed by atoms with Crippen LogP contribution < -0.4 is 21.9 Å². The predicted molar refractivity (Wildman–Crippen MR) is 234 cm³/mol. The molecule has 0 aliphatic carbocycles. The molecule has 2 unspecified atom stereocenters. The number of amides is 1. The number of hydrogen-bond donors (Lipinski definition) is 6. The number of nitrogens with one attached hydrogen (secondary N) is 3. The molecule has 0 aliphatic heterocycles. The van der Waals surface area contributed by atoms with E-state index in [4.69, 9.17) is 14.8 Å². The molecule has 0 fully saturated rings. The maximum absolute atomic E-state index is 14.3. The van der Waals surface area contributed by atoms with E-state index in [1.165, 1.54) is 76.0 Å². The van der Waals surface area contributed by atoms with Crippen LogP contribution in [0.1, 0.15) is 11.1 Å². The Morgan fingerprint density at radius 1 is 0.676 bits per heavy atom. The molecule has 2 atom stereocenters. The molecule has 20 nitrogen and oxygen atoms in total. The number of hydrogen-bond acceptors (Lipinski definition) is 17. The second-order valence-electron chi connectivity index (χ2n) is 15.4. The van der Waals surface area contributed by atoms with Gasteiger partial charge in [0.15, 0.2) is 34.9 Å². The van der Waals surface area contributed by atoms with Gasteiger partial charge in [-0.3, -0.25) is 19.6 Å². The highest BCUT2D eigenvalue weighted by Crippen LogP contribution is 2.34. The van der Waals surface area contributed by atoms with E-state index >= 15 is 0 Å². The number of aliphatic hydroxyl groups is 2. The lowest BCUT2D eigenvalue weighted by atomic mass is 10.0. The molecular weight excluding hydrogens is 1010 g/mol. The van der Waals surface area contributed by atoms with Crippen molar-refractivity contribution in [2.75, 3.05) is 30.8 Å². The van der Waals surface area contributed by atoms with E-state index in [0.29, 0.717) is 53.3 Å². The minimum Gasteiger partial charge on any atom is -0.472 e. The SMILES string of the molecule is COC(=O)C(O)(CNc1nc(-c2cc(-c3ccon3)n(Cc3ccccc3F)n2)ncc1F)C(F)(F)F.NNC(=O)C(O)(CNc1nc(-c2cc(-c3ccoc3)n(Cc3ccccc3F)n2)ncc1F)C(F)(F)F. The zero-order chi connectivity index (χ0) is 53.6. The number of aromatic nitrogens is 9. The summed E-state index contributed by atoms with van der Waals surface area (Å²) in [7, 11) is 0.659. The van der Waals surface area contributed by atoms with E-state index < -0.39 is 83.4 Å². The summed E-state index contributed by atoms with van der Waals surface area (Å²) < 4.78 is 154. The Kier molecular flexibility index (Phi) is 15.4. The van der Waals surface area contributed by atoms with Crippen LogP contribution in [-0.2, 0) is 27.4 Å². The molecule has 6 aromatic heterocycles. The van der Waals surface area contributed by atoms with Gasteiger partial charge in [0, 0.05) is 22.8 Å². The van der Waals surface area contributed by atoms with Gasteiger partial charge in [-0.05, 0) is 30.3 Å².